The third-order valence-corrected chi connectivity index (χ3v) is 2.73. The average Bonchev–Trinajstić information content (AvgIpc) is 2.30. The second-order valence-corrected chi connectivity index (χ2v) is 4.30. The maximum Gasteiger partial charge on any atom is 0.333 e. The lowest BCUT2D eigenvalue weighted by Crippen LogP contribution is -2.30. The van der Waals surface area contributed by atoms with Gasteiger partial charge in [-0.1, -0.05) is 15.9 Å². The summed E-state index contributed by atoms with van der Waals surface area (Å²) in [6, 6.07) is 5.71. The molecule has 0 radical (unpaired) electrons. The van der Waals surface area contributed by atoms with E-state index in [9.17, 15) is 14.0 Å². The number of nitrogens with zero attached hydrogens (tertiary/aromatic N) is 2. The van der Waals surface area contributed by atoms with Crippen LogP contribution in [0, 0.1) is 17.1 Å². The third kappa shape index (κ3) is 2.10. The van der Waals surface area contributed by atoms with Crippen LogP contribution in [0.5, 0.6) is 0 Å². The first-order chi connectivity index (χ1) is 8.52. The summed E-state index contributed by atoms with van der Waals surface area (Å²) < 4.78 is 15.1. The van der Waals surface area contributed by atoms with Crippen LogP contribution in [0.3, 0.4) is 0 Å². The van der Waals surface area contributed by atoms with Crippen molar-refractivity contribution in [2.75, 3.05) is 0 Å². The van der Waals surface area contributed by atoms with Gasteiger partial charge in [-0.25, -0.2) is 9.18 Å². The molecule has 0 atom stereocenters. The van der Waals surface area contributed by atoms with E-state index in [1.165, 1.54) is 12.1 Å². The van der Waals surface area contributed by atoms with Crippen LogP contribution in [0.2, 0.25) is 0 Å². The molecular weight excluding hydrogens is 305 g/mol. The minimum Gasteiger partial charge on any atom is -0.273 e. The van der Waals surface area contributed by atoms with Crippen molar-refractivity contribution in [3.63, 3.8) is 0 Å². The van der Waals surface area contributed by atoms with Gasteiger partial charge in [-0.3, -0.25) is 14.3 Å². The molecule has 1 heterocycles. The summed E-state index contributed by atoms with van der Waals surface area (Å²) in [7, 11) is 0. The summed E-state index contributed by atoms with van der Waals surface area (Å²) in [5.41, 5.74) is -1.91. The molecule has 0 saturated carbocycles. The molecule has 0 unspecified atom stereocenters. The van der Waals surface area contributed by atoms with Crippen LogP contribution in [0.15, 0.2) is 38.5 Å². The number of halogens is 2. The van der Waals surface area contributed by atoms with E-state index in [2.05, 4.69) is 15.9 Å². The Labute approximate surface area is 108 Å². The molecule has 0 amide bonds. The Morgan fingerprint density at radius 2 is 2.11 bits per heavy atom. The molecule has 90 valence electrons. The summed E-state index contributed by atoms with van der Waals surface area (Å²) >= 11 is 3.09. The van der Waals surface area contributed by atoms with E-state index in [1.807, 2.05) is 4.98 Å². The Bertz CT molecular complexity index is 773. The monoisotopic (exact) mass is 309 g/mol. The highest BCUT2D eigenvalue weighted by molar-refractivity contribution is 9.10. The molecule has 0 bridgehead atoms. The van der Waals surface area contributed by atoms with E-state index < -0.39 is 17.1 Å². The fraction of sp³-hybridized carbons (Fsp3) is 0. The van der Waals surface area contributed by atoms with Gasteiger partial charge in [-0.2, -0.15) is 5.26 Å². The van der Waals surface area contributed by atoms with E-state index >= 15 is 0 Å². The van der Waals surface area contributed by atoms with Crippen molar-refractivity contribution < 1.29 is 4.39 Å². The van der Waals surface area contributed by atoms with Crippen LogP contribution in [0.4, 0.5) is 4.39 Å². The number of benzene rings is 1. The van der Waals surface area contributed by atoms with Crippen LogP contribution in [-0.2, 0) is 0 Å². The van der Waals surface area contributed by atoms with Gasteiger partial charge < -0.3 is 0 Å². The fourth-order valence-electron chi connectivity index (χ4n) is 1.41. The second-order valence-electron chi connectivity index (χ2n) is 3.38. The number of rotatable bonds is 1. The van der Waals surface area contributed by atoms with Crippen molar-refractivity contribution in [3.05, 3.63) is 61.1 Å². The Balaban J connectivity index is 2.76. The summed E-state index contributed by atoms with van der Waals surface area (Å²) in [5, 5.41) is 8.71. The molecule has 1 N–H and O–H groups in total. The highest BCUT2D eigenvalue weighted by atomic mass is 79.9. The topological polar surface area (TPSA) is 78.7 Å². The van der Waals surface area contributed by atoms with E-state index in [1.54, 1.807) is 12.1 Å². The molecule has 0 saturated heterocycles. The Hall–Kier alpha value is -2.20. The van der Waals surface area contributed by atoms with E-state index in [0.717, 1.165) is 10.8 Å². The van der Waals surface area contributed by atoms with Crippen molar-refractivity contribution in [1.82, 2.24) is 9.55 Å². The maximum atomic E-state index is 13.7. The molecule has 0 aliphatic rings. The number of aromatic nitrogens is 2. The van der Waals surface area contributed by atoms with Crippen LogP contribution in [0.25, 0.3) is 5.69 Å². The third-order valence-electron chi connectivity index (χ3n) is 2.23. The highest BCUT2D eigenvalue weighted by Gasteiger charge is 2.10. The number of nitriles is 1. The minimum absolute atomic E-state index is 0.0454. The molecule has 0 fully saturated rings. The van der Waals surface area contributed by atoms with Gasteiger partial charge in [0.1, 0.15) is 17.4 Å². The maximum absolute atomic E-state index is 13.7. The molecular formula is C11H5BrFN3O2. The van der Waals surface area contributed by atoms with Crippen molar-refractivity contribution >= 4 is 15.9 Å². The molecule has 5 nitrogen and oxygen atoms in total. The first-order valence-corrected chi connectivity index (χ1v) is 5.53. The first kappa shape index (κ1) is 12.3. The molecule has 1 aromatic heterocycles. The molecule has 0 spiro atoms. The van der Waals surface area contributed by atoms with Gasteiger partial charge >= 0.3 is 5.69 Å². The summed E-state index contributed by atoms with van der Waals surface area (Å²) in [6.07, 6.45) is 1.01. The molecule has 0 aliphatic carbocycles. The number of hydrogen-bond acceptors (Lipinski definition) is 3. The Morgan fingerprint density at radius 3 is 2.72 bits per heavy atom. The van der Waals surface area contributed by atoms with Crippen LogP contribution < -0.4 is 11.2 Å². The summed E-state index contributed by atoms with van der Waals surface area (Å²) in [6.45, 7) is 0. The zero-order valence-electron chi connectivity index (χ0n) is 8.78. The fourth-order valence-corrected chi connectivity index (χ4v) is 1.74. The van der Waals surface area contributed by atoms with Gasteiger partial charge in [0.25, 0.3) is 5.56 Å². The average molecular weight is 310 g/mol. The first-order valence-electron chi connectivity index (χ1n) is 4.74. The molecule has 1 aromatic carbocycles. The van der Waals surface area contributed by atoms with Gasteiger partial charge in [0, 0.05) is 10.7 Å². The standard InChI is InChI=1S/C11H5BrFN3O2/c12-7-1-2-9(8(13)3-7)16-5-6(4-14)10(17)15-11(16)18/h1-3,5H,(H,15,17,18). The molecule has 0 aliphatic heterocycles. The predicted octanol–water partition coefficient (Wildman–Crippen LogP) is 1.30. The molecule has 18 heavy (non-hydrogen) atoms. The number of nitrogens with one attached hydrogen (secondary N) is 1. The SMILES string of the molecule is N#Cc1cn(-c2ccc(Br)cc2F)c(=O)[nH]c1=O. The number of H-pyrrole nitrogens is 1. The number of hydrogen-bond donors (Lipinski definition) is 1. The lowest BCUT2D eigenvalue weighted by molar-refractivity contribution is 0.613. The van der Waals surface area contributed by atoms with Gasteiger partial charge in [-0.05, 0) is 18.2 Å². The van der Waals surface area contributed by atoms with Crippen molar-refractivity contribution in [2.24, 2.45) is 0 Å². The Kier molecular flexibility index (Phi) is 3.12. The van der Waals surface area contributed by atoms with Gasteiger partial charge in [0.2, 0.25) is 0 Å². The smallest absolute Gasteiger partial charge is 0.273 e. The van der Waals surface area contributed by atoms with E-state index in [-0.39, 0.29) is 11.3 Å². The van der Waals surface area contributed by atoms with E-state index in [0.29, 0.717) is 4.47 Å². The van der Waals surface area contributed by atoms with Gasteiger partial charge in [0.15, 0.2) is 0 Å². The predicted molar refractivity (Wildman–Crippen MR) is 65.0 cm³/mol. The molecule has 2 rings (SSSR count). The quantitative estimate of drug-likeness (QED) is 0.862. The summed E-state index contributed by atoms with van der Waals surface area (Å²) in [4.78, 5) is 24.7. The zero-order valence-corrected chi connectivity index (χ0v) is 10.4. The van der Waals surface area contributed by atoms with Crippen LogP contribution in [0.1, 0.15) is 5.56 Å². The molecule has 7 heteroatoms. The van der Waals surface area contributed by atoms with E-state index in [4.69, 9.17) is 5.26 Å². The van der Waals surface area contributed by atoms with Crippen molar-refractivity contribution in [3.8, 4) is 11.8 Å². The lowest BCUT2D eigenvalue weighted by Gasteiger charge is -2.06. The minimum atomic E-state index is -0.805. The normalized spacial score (nSPS) is 10.1. The van der Waals surface area contributed by atoms with Gasteiger partial charge in [-0.15, -0.1) is 0 Å². The van der Waals surface area contributed by atoms with Crippen molar-refractivity contribution in [1.29, 1.82) is 5.26 Å². The summed E-state index contributed by atoms with van der Waals surface area (Å²) in [5.74, 6) is -0.651. The second kappa shape index (κ2) is 4.58. The van der Waals surface area contributed by atoms with Crippen LogP contribution >= 0.6 is 15.9 Å². The largest absolute Gasteiger partial charge is 0.333 e. The van der Waals surface area contributed by atoms with Crippen molar-refractivity contribution in [2.45, 2.75) is 0 Å². The number of aromatic amines is 1. The Morgan fingerprint density at radius 1 is 1.39 bits per heavy atom. The molecule has 2 aromatic rings. The van der Waals surface area contributed by atoms with Gasteiger partial charge in [0.05, 0.1) is 5.69 Å². The van der Waals surface area contributed by atoms with Crippen LogP contribution in [-0.4, -0.2) is 9.55 Å². The lowest BCUT2D eigenvalue weighted by atomic mass is 10.3. The highest BCUT2D eigenvalue weighted by Crippen LogP contribution is 2.17. The zero-order chi connectivity index (χ0) is 13.3.